The van der Waals surface area contributed by atoms with Crippen LogP contribution in [-0.2, 0) is 14.4 Å². The number of nitrogens with zero attached hydrogens (tertiary/aromatic N) is 3. The molecule has 2 fully saturated rings. The number of hydrazine groups is 1. The highest BCUT2D eigenvalue weighted by Crippen LogP contribution is 2.33. The van der Waals surface area contributed by atoms with Crippen molar-refractivity contribution in [3.63, 3.8) is 0 Å². The van der Waals surface area contributed by atoms with Gasteiger partial charge in [-0.3, -0.25) is 14.4 Å². The molecule has 0 aromatic rings. The summed E-state index contributed by atoms with van der Waals surface area (Å²) in [5.74, 6) is -1.20. The molecule has 3 amide bonds. The number of carbonyl (C=O) groups excluding carboxylic acids is 3. The lowest BCUT2D eigenvalue weighted by molar-refractivity contribution is -0.157. The molecule has 6 nitrogen and oxygen atoms in total. The molecule has 0 saturated carbocycles. The minimum Gasteiger partial charge on any atom is -0.382 e. The van der Waals surface area contributed by atoms with Crippen LogP contribution < -0.4 is 0 Å². The van der Waals surface area contributed by atoms with E-state index >= 15 is 0 Å². The molecule has 2 aliphatic heterocycles. The zero-order chi connectivity index (χ0) is 13.4. The molecule has 0 aromatic carbocycles. The number of thiocarbonyl (C=S) groups is 1. The Kier molecular flexibility index (Phi) is 3.40. The van der Waals surface area contributed by atoms with Crippen molar-refractivity contribution in [1.29, 1.82) is 0 Å². The predicted molar refractivity (Wildman–Crippen MR) is 69.9 cm³/mol. The maximum absolute atomic E-state index is 12.1. The van der Waals surface area contributed by atoms with Crippen LogP contribution in [-0.4, -0.2) is 51.1 Å². The second-order valence-corrected chi connectivity index (χ2v) is 5.72. The molecule has 0 spiro atoms. The van der Waals surface area contributed by atoms with Gasteiger partial charge in [-0.2, -0.15) is 10.0 Å². The van der Waals surface area contributed by atoms with Crippen molar-refractivity contribution in [1.82, 2.24) is 14.9 Å². The van der Waals surface area contributed by atoms with E-state index in [1.54, 1.807) is 25.2 Å². The van der Waals surface area contributed by atoms with E-state index in [9.17, 15) is 14.4 Å². The molecule has 0 N–H and O–H groups in total. The van der Waals surface area contributed by atoms with Gasteiger partial charge in [-0.05, 0) is 12.2 Å². The number of rotatable bonds is 2. The van der Waals surface area contributed by atoms with Crippen molar-refractivity contribution in [3.8, 4) is 0 Å². The predicted octanol–water partition coefficient (Wildman–Crippen LogP) is 0.314. The number of amides is 3. The summed E-state index contributed by atoms with van der Waals surface area (Å²) in [6.45, 7) is 0. The van der Waals surface area contributed by atoms with Gasteiger partial charge in [-0.25, -0.2) is 0 Å². The fraction of sp³-hybridized carbons (Fsp3) is 0.400. The normalized spacial score (nSPS) is 22.7. The van der Waals surface area contributed by atoms with Crippen LogP contribution in [0.1, 0.15) is 12.8 Å². The largest absolute Gasteiger partial charge is 0.382 e. The Balaban J connectivity index is 2.30. The third-order valence-corrected chi connectivity index (χ3v) is 3.64. The van der Waals surface area contributed by atoms with Crippen molar-refractivity contribution < 1.29 is 14.4 Å². The maximum atomic E-state index is 12.1. The standard InChI is InChI=1S/C10H11N3O3S2/c1-11(2)5-6-9(16)13(10(17)18-6)12-7(14)3-4-8(12)15/h5H,3-4H2,1-2H3/b6-5-. The summed E-state index contributed by atoms with van der Waals surface area (Å²) >= 11 is 6.13. The average molecular weight is 285 g/mol. The van der Waals surface area contributed by atoms with Crippen molar-refractivity contribution in [2.24, 2.45) is 0 Å². The quantitative estimate of drug-likeness (QED) is 0.413. The average Bonchev–Trinajstić information content (AvgIpc) is 2.71. The Bertz CT molecular complexity index is 471. The van der Waals surface area contributed by atoms with Gasteiger partial charge >= 0.3 is 0 Å². The fourth-order valence-electron chi connectivity index (χ4n) is 1.64. The zero-order valence-electron chi connectivity index (χ0n) is 9.87. The van der Waals surface area contributed by atoms with E-state index in [4.69, 9.17) is 12.2 Å². The first-order chi connectivity index (χ1) is 8.41. The van der Waals surface area contributed by atoms with Crippen LogP contribution in [0.15, 0.2) is 11.1 Å². The molecular weight excluding hydrogens is 274 g/mol. The lowest BCUT2D eigenvalue weighted by Gasteiger charge is -2.23. The molecule has 8 heteroatoms. The third-order valence-electron chi connectivity index (χ3n) is 2.37. The summed E-state index contributed by atoms with van der Waals surface area (Å²) < 4.78 is 0.205. The first-order valence-corrected chi connectivity index (χ1v) is 6.44. The van der Waals surface area contributed by atoms with Crippen molar-refractivity contribution >= 4 is 46.0 Å². The summed E-state index contributed by atoms with van der Waals surface area (Å²) in [5.41, 5.74) is 0. The van der Waals surface area contributed by atoms with E-state index in [1.165, 1.54) is 0 Å². The van der Waals surface area contributed by atoms with E-state index in [0.29, 0.717) is 4.91 Å². The van der Waals surface area contributed by atoms with Gasteiger partial charge in [0.05, 0.1) is 4.91 Å². The van der Waals surface area contributed by atoms with Gasteiger partial charge in [0.2, 0.25) is 11.8 Å². The van der Waals surface area contributed by atoms with Crippen molar-refractivity contribution in [3.05, 3.63) is 11.1 Å². The Morgan fingerprint density at radius 3 is 2.22 bits per heavy atom. The molecule has 0 aromatic heterocycles. The summed E-state index contributed by atoms with van der Waals surface area (Å²) in [4.78, 5) is 37.4. The smallest absolute Gasteiger partial charge is 0.287 e. The SMILES string of the molecule is CN(C)/C=C1\SC(=S)N(N2C(=O)CCC2=O)C1=O. The van der Waals surface area contributed by atoms with E-state index in [2.05, 4.69) is 0 Å². The molecule has 96 valence electrons. The van der Waals surface area contributed by atoms with Gasteiger partial charge in [-0.1, -0.05) is 11.8 Å². The van der Waals surface area contributed by atoms with Gasteiger partial charge in [0.25, 0.3) is 5.91 Å². The van der Waals surface area contributed by atoms with Crippen LogP contribution in [0, 0.1) is 0 Å². The van der Waals surface area contributed by atoms with Crippen LogP contribution in [0.4, 0.5) is 0 Å². The summed E-state index contributed by atoms with van der Waals surface area (Å²) in [5, 5.41) is 1.85. The second kappa shape index (κ2) is 4.69. The van der Waals surface area contributed by atoms with Crippen molar-refractivity contribution in [2.75, 3.05) is 14.1 Å². The maximum Gasteiger partial charge on any atom is 0.287 e. The van der Waals surface area contributed by atoms with Gasteiger partial charge in [0, 0.05) is 33.1 Å². The van der Waals surface area contributed by atoms with Crippen LogP contribution in [0.25, 0.3) is 0 Å². The molecule has 0 unspecified atom stereocenters. The molecule has 18 heavy (non-hydrogen) atoms. The molecule has 0 radical (unpaired) electrons. The van der Waals surface area contributed by atoms with Crippen LogP contribution >= 0.6 is 24.0 Å². The first kappa shape index (κ1) is 13.0. The van der Waals surface area contributed by atoms with Crippen molar-refractivity contribution in [2.45, 2.75) is 12.8 Å². The number of thioether (sulfide) groups is 1. The molecular formula is C10H11N3O3S2. The molecule has 2 heterocycles. The van der Waals surface area contributed by atoms with Gasteiger partial charge in [0.15, 0.2) is 4.32 Å². The lowest BCUT2D eigenvalue weighted by Crippen LogP contribution is -2.48. The Hall–Kier alpha value is -1.41. The highest BCUT2D eigenvalue weighted by molar-refractivity contribution is 8.26. The number of hydrogen-bond acceptors (Lipinski definition) is 6. The summed E-state index contributed by atoms with van der Waals surface area (Å²) in [7, 11) is 3.55. The first-order valence-electron chi connectivity index (χ1n) is 5.22. The van der Waals surface area contributed by atoms with Gasteiger partial charge in [0.1, 0.15) is 0 Å². The summed E-state index contributed by atoms with van der Waals surface area (Å²) in [6.07, 6.45) is 1.87. The number of carbonyl (C=O) groups is 3. The van der Waals surface area contributed by atoms with Gasteiger partial charge in [-0.15, -0.1) is 0 Å². The van der Waals surface area contributed by atoms with E-state index in [1.807, 2.05) is 0 Å². The van der Waals surface area contributed by atoms with Crippen LogP contribution in [0.3, 0.4) is 0 Å². The lowest BCUT2D eigenvalue weighted by atomic mass is 10.4. The number of hydrogen-bond donors (Lipinski definition) is 0. The molecule has 0 aliphatic carbocycles. The highest BCUT2D eigenvalue weighted by atomic mass is 32.2. The Morgan fingerprint density at radius 1 is 1.17 bits per heavy atom. The Labute approximate surface area is 114 Å². The zero-order valence-corrected chi connectivity index (χ0v) is 11.5. The van der Waals surface area contributed by atoms with E-state index < -0.39 is 5.91 Å². The molecule has 0 atom stereocenters. The van der Waals surface area contributed by atoms with E-state index in [0.717, 1.165) is 21.8 Å². The van der Waals surface area contributed by atoms with Crippen LogP contribution in [0.5, 0.6) is 0 Å². The third kappa shape index (κ3) is 2.13. The fourth-order valence-corrected chi connectivity index (χ4v) is 2.95. The second-order valence-electron chi connectivity index (χ2n) is 4.04. The number of imide groups is 1. The molecule has 2 rings (SSSR count). The summed E-state index contributed by atoms with van der Waals surface area (Å²) in [6, 6.07) is 0. The Morgan fingerprint density at radius 2 is 1.72 bits per heavy atom. The topological polar surface area (TPSA) is 60.9 Å². The molecule has 0 bridgehead atoms. The minimum atomic E-state index is -0.428. The van der Waals surface area contributed by atoms with E-state index in [-0.39, 0.29) is 29.0 Å². The van der Waals surface area contributed by atoms with Crippen LogP contribution in [0.2, 0.25) is 0 Å². The minimum absolute atomic E-state index is 0.128. The highest BCUT2D eigenvalue weighted by Gasteiger charge is 2.44. The van der Waals surface area contributed by atoms with Gasteiger partial charge < -0.3 is 4.90 Å². The monoisotopic (exact) mass is 285 g/mol. The molecule has 2 saturated heterocycles. The molecule has 2 aliphatic rings.